The molecule has 68 valence electrons. The van der Waals surface area contributed by atoms with Crippen molar-refractivity contribution >= 4 is 22.9 Å². The molecule has 0 saturated carbocycles. The molecule has 13 heavy (non-hydrogen) atoms. The van der Waals surface area contributed by atoms with Crippen LogP contribution in [0.4, 0.5) is 0 Å². The van der Waals surface area contributed by atoms with Gasteiger partial charge in [-0.15, -0.1) is 11.3 Å². The molecule has 2 N–H and O–H groups in total. The first kappa shape index (κ1) is 8.81. The van der Waals surface area contributed by atoms with Gasteiger partial charge >= 0.3 is 0 Å². The second-order valence-electron chi connectivity index (χ2n) is 2.57. The normalized spacial score (nSPS) is 10.6. The lowest BCUT2D eigenvalue weighted by Crippen LogP contribution is -1.94. The first-order valence-electron chi connectivity index (χ1n) is 3.83. The van der Waals surface area contributed by atoms with E-state index < -0.39 is 0 Å². The van der Waals surface area contributed by atoms with E-state index in [-0.39, 0.29) is 0 Å². The van der Waals surface area contributed by atoms with Crippen molar-refractivity contribution in [3.63, 3.8) is 0 Å². The minimum atomic E-state index is 0.415. The van der Waals surface area contributed by atoms with Crippen LogP contribution >= 0.6 is 22.9 Å². The third-order valence-corrected chi connectivity index (χ3v) is 3.03. The van der Waals surface area contributed by atoms with Gasteiger partial charge in [-0.25, -0.2) is 0 Å². The molecule has 4 heteroatoms. The third kappa shape index (κ3) is 1.63. The zero-order valence-electron chi connectivity index (χ0n) is 6.79. The number of rotatable bonds is 2. The standard InChI is InChI=1S/C9H8ClNOS/c10-9-2-1-8(13-9)6-3-4-12-7(6)5-11/h1-4H,5,11H2. The lowest BCUT2D eigenvalue weighted by Gasteiger charge is -1.94. The van der Waals surface area contributed by atoms with Crippen molar-refractivity contribution < 1.29 is 4.42 Å². The fraction of sp³-hybridized carbons (Fsp3) is 0.111. The van der Waals surface area contributed by atoms with Crippen LogP contribution in [0, 0.1) is 0 Å². The summed E-state index contributed by atoms with van der Waals surface area (Å²) in [5.41, 5.74) is 6.56. The molecule has 2 aromatic heterocycles. The zero-order chi connectivity index (χ0) is 9.26. The monoisotopic (exact) mass is 213 g/mol. The summed E-state index contributed by atoms with van der Waals surface area (Å²) in [7, 11) is 0. The minimum absolute atomic E-state index is 0.415. The van der Waals surface area contributed by atoms with E-state index >= 15 is 0 Å². The summed E-state index contributed by atoms with van der Waals surface area (Å²) in [6, 6.07) is 5.75. The second-order valence-corrected chi connectivity index (χ2v) is 4.28. The van der Waals surface area contributed by atoms with Gasteiger partial charge in [-0.2, -0.15) is 0 Å². The molecule has 0 atom stereocenters. The number of furan rings is 1. The third-order valence-electron chi connectivity index (χ3n) is 1.77. The Labute approximate surface area is 84.9 Å². The van der Waals surface area contributed by atoms with E-state index in [4.69, 9.17) is 21.8 Å². The fourth-order valence-electron chi connectivity index (χ4n) is 1.18. The van der Waals surface area contributed by atoms with E-state index in [1.807, 2.05) is 18.2 Å². The SMILES string of the molecule is NCc1occc1-c1ccc(Cl)s1. The molecule has 0 amide bonds. The smallest absolute Gasteiger partial charge is 0.125 e. The highest BCUT2D eigenvalue weighted by Gasteiger charge is 2.08. The van der Waals surface area contributed by atoms with Gasteiger partial charge in [0, 0.05) is 10.4 Å². The highest BCUT2D eigenvalue weighted by atomic mass is 35.5. The van der Waals surface area contributed by atoms with Crippen molar-refractivity contribution in [1.29, 1.82) is 0 Å². The largest absolute Gasteiger partial charge is 0.467 e. The fourth-order valence-corrected chi connectivity index (χ4v) is 2.26. The molecule has 0 fully saturated rings. The predicted molar refractivity (Wildman–Crippen MR) is 54.9 cm³/mol. The van der Waals surface area contributed by atoms with Crippen molar-refractivity contribution in [2.45, 2.75) is 6.54 Å². The van der Waals surface area contributed by atoms with Gasteiger partial charge in [0.1, 0.15) is 5.76 Å². The molecular weight excluding hydrogens is 206 g/mol. The van der Waals surface area contributed by atoms with E-state index in [9.17, 15) is 0 Å². The van der Waals surface area contributed by atoms with Gasteiger partial charge in [0.05, 0.1) is 17.1 Å². The maximum absolute atomic E-state index is 5.83. The van der Waals surface area contributed by atoms with Gasteiger partial charge in [0.2, 0.25) is 0 Å². The van der Waals surface area contributed by atoms with Crippen LogP contribution in [0.5, 0.6) is 0 Å². The molecule has 0 aromatic carbocycles. The summed E-state index contributed by atoms with van der Waals surface area (Å²) in [5, 5.41) is 0. The summed E-state index contributed by atoms with van der Waals surface area (Å²) >= 11 is 7.35. The Morgan fingerprint density at radius 2 is 2.23 bits per heavy atom. The van der Waals surface area contributed by atoms with Gasteiger partial charge in [-0.05, 0) is 18.2 Å². The highest BCUT2D eigenvalue weighted by Crippen LogP contribution is 2.33. The van der Waals surface area contributed by atoms with Gasteiger partial charge in [-0.1, -0.05) is 11.6 Å². The van der Waals surface area contributed by atoms with Gasteiger partial charge in [0.25, 0.3) is 0 Å². The molecule has 0 aliphatic rings. The second kappa shape index (κ2) is 3.54. The first-order valence-corrected chi connectivity index (χ1v) is 5.03. The van der Waals surface area contributed by atoms with Crippen LogP contribution in [0.2, 0.25) is 4.34 Å². The molecule has 2 aromatic rings. The molecule has 0 bridgehead atoms. The van der Waals surface area contributed by atoms with E-state index in [1.165, 1.54) is 11.3 Å². The summed E-state index contributed by atoms with van der Waals surface area (Å²) in [6.07, 6.45) is 1.64. The average Bonchev–Trinajstić information content (AvgIpc) is 2.71. The molecular formula is C9H8ClNOS. The molecule has 0 aliphatic carbocycles. The number of hydrogen-bond donors (Lipinski definition) is 1. The zero-order valence-corrected chi connectivity index (χ0v) is 8.36. The highest BCUT2D eigenvalue weighted by molar-refractivity contribution is 7.19. The Morgan fingerprint density at radius 3 is 2.85 bits per heavy atom. The van der Waals surface area contributed by atoms with Crippen molar-refractivity contribution in [3.05, 3.63) is 34.6 Å². The Morgan fingerprint density at radius 1 is 1.38 bits per heavy atom. The molecule has 0 unspecified atom stereocenters. The van der Waals surface area contributed by atoms with Crippen LogP contribution in [-0.4, -0.2) is 0 Å². The molecule has 0 spiro atoms. The Hall–Kier alpha value is -0.770. The predicted octanol–water partition coefficient (Wildman–Crippen LogP) is 3.12. The molecule has 2 heterocycles. The van der Waals surface area contributed by atoms with Crippen LogP contribution in [0.15, 0.2) is 28.9 Å². The van der Waals surface area contributed by atoms with Crippen molar-refractivity contribution in [2.24, 2.45) is 5.73 Å². The van der Waals surface area contributed by atoms with E-state index in [1.54, 1.807) is 6.26 Å². The topological polar surface area (TPSA) is 39.2 Å². The maximum Gasteiger partial charge on any atom is 0.125 e. The van der Waals surface area contributed by atoms with Gasteiger partial charge < -0.3 is 10.2 Å². The van der Waals surface area contributed by atoms with Crippen molar-refractivity contribution in [1.82, 2.24) is 0 Å². The van der Waals surface area contributed by atoms with Crippen molar-refractivity contribution in [2.75, 3.05) is 0 Å². The number of nitrogens with two attached hydrogens (primary N) is 1. The van der Waals surface area contributed by atoms with E-state index in [0.29, 0.717) is 6.54 Å². The van der Waals surface area contributed by atoms with Crippen LogP contribution in [0.1, 0.15) is 5.76 Å². The Kier molecular flexibility index (Phi) is 2.40. The van der Waals surface area contributed by atoms with Crippen molar-refractivity contribution in [3.8, 4) is 10.4 Å². The maximum atomic E-state index is 5.83. The summed E-state index contributed by atoms with van der Waals surface area (Å²) < 4.78 is 5.99. The number of thiophene rings is 1. The summed E-state index contributed by atoms with van der Waals surface area (Å²) in [6.45, 7) is 0.415. The van der Waals surface area contributed by atoms with Crippen LogP contribution in [0.25, 0.3) is 10.4 Å². The quantitative estimate of drug-likeness (QED) is 0.833. The number of hydrogen-bond acceptors (Lipinski definition) is 3. The van der Waals surface area contributed by atoms with Crippen LogP contribution < -0.4 is 5.73 Å². The summed E-state index contributed by atoms with van der Waals surface area (Å²) in [5.74, 6) is 0.804. The molecule has 2 nitrogen and oxygen atoms in total. The Bertz CT molecular complexity index is 407. The summed E-state index contributed by atoms with van der Waals surface area (Å²) in [4.78, 5) is 1.10. The van der Waals surface area contributed by atoms with Crippen LogP contribution in [-0.2, 0) is 6.54 Å². The van der Waals surface area contributed by atoms with Crippen LogP contribution in [0.3, 0.4) is 0 Å². The van der Waals surface area contributed by atoms with E-state index in [2.05, 4.69) is 0 Å². The lowest BCUT2D eigenvalue weighted by atomic mass is 10.2. The minimum Gasteiger partial charge on any atom is -0.467 e. The van der Waals surface area contributed by atoms with E-state index in [0.717, 1.165) is 20.5 Å². The molecule has 0 saturated heterocycles. The number of halogens is 1. The molecule has 0 aliphatic heterocycles. The molecule has 0 radical (unpaired) electrons. The van der Waals surface area contributed by atoms with Gasteiger partial charge in [-0.3, -0.25) is 0 Å². The Balaban J connectivity index is 2.45. The first-order chi connectivity index (χ1) is 6.31. The lowest BCUT2D eigenvalue weighted by molar-refractivity contribution is 0.513. The van der Waals surface area contributed by atoms with Gasteiger partial charge in [0.15, 0.2) is 0 Å². The average molecular weight is 214 g/mol. The molecule has 2 rings (SSSR count).